The zero-order valence-corrected chi connectivity index (χ0v) is 12.1. The highest BCUT2D eigenvalue weighted by Gasteiger charge is 2.45. The second-order valence-electron chi connectivity index (χ2n) is 4.86. The van der Waals surface area contributed by atoms with Gasteiger partial charge in [0, 0.05) is 12.9 Å². The van der Waals surface area contributed by atoms with Gasteiger partial charge in [-0.1, -0.05) is 13.3 Å². The Labute approximate surface area is 112 Å². The van der Waals surface area contributed by atoms with Gasteiger partial charge in [0.15, 0.2) is 0 Å². The molecule has 0 aliphatic carbocycles. The number of carbonyl (C=O) groups excluding carboxylic acids is 1. The molecule has 18 heavy (non-hydrogen) atoms. The summed E-state index contributed by atoms with van der Waals surface area (Å²) in [7, 11) is 1.46. The van der Waals surface area contributed by atoms with Crippen molar-refractivity contribution in [3.05, 3.63) is 0 Å². The van der Waals surface area contributed by atoms with E-state index < -0.39 is 17.6 Å². The topological polar surface area (TPSA) is 66.8 Å². The number of amides is 1. The molecular formula is C12H21NO4S. The van der Waals surface area contributed by atoms with Crippen LogP contribution in [0, 0.1) is 0 Å². The van der Waals surface area contributed by atoms with E-state index >= 15 is 0 Å². The summed E-state index contributed by atoms with van der Waals surface area (Å²) in [4.78, 5) is 25.1. The number of methoxy groups -OCH3 is 1. The maximum absolute atomic E-state index is 12.4. The Kier molecular flexibility index (Phi) is 5.04. The number of aliphatic carboxylic acids is 1. The second kappa shape index (κ2) is 5.93. The van der Waals surface area contributed by atoms with E-state index in [4.69, 9.17) is 4.74 Å². The third-order valence-electron chi connectivity index (χ3n) is 3.17. The molecule has 2 atom stereocenters. The van der Waals surface area contributed by atoms with Crippen LogP contribution in [0.15, 0.2) is 0 Å². The van der Waals surface area contributed by atoms with Crippen molar-refractivity contribution < 1.29 is 19.4 Å². The number of carbonyl (C=O) groups is 2. The van der Waals surface area contributed by atoms with E-state index in [0.717, 1.165) is 12.8 Å². The van der Waals surface area contributed by atoms with Crippen molar-refractivity contribution >= 4 is 23.6 Å². The van der Waals surface area contributed by atoms with E-state index in [-0.39, 0.29) is 11.3 Å². The number of nitrogens with zero attached hydrogens (tertiary/aromatic N) is 1. The first-order valence-electron chi connectivity index (χ1n) is 6.07. The van der Waals surface area contributed by atoms with Crippen molar-refractivity contribution in [1.82, 2.24) is 4.90 Å². The monoisotopic (exact) mass is 275 g/mol. The molecule has 1 saturated heterocycles. The molecule has 5 nitrogen and oxygen atoms in total. The van der Waals surface area contributed by atoms with Gasteiger partial charge in [-0.15, -0.1) is 11.8 Å². The van der Waals surface area contributed by atoms with Crippen LogP contribution in [0.2, 0.25) is 0 Å². The second-order valence-corrected chi connectivity index (χ2v) is 6.07. The average Bonchev–Trinajstić information content (AvgIpc) is 2.72. The van der Waals surface area contributed by atoms with Gasteiger partial charge in [0.2, 0.25) is 0 Å². The molecule has 1 aliphatic heterocycles. The van der Waals surface area contributed by atoms with Crippen molar-refractivity contribution in [1.29, 1.82) is 0 Å². The van der Waals surface area contributed by atoms with E-state index in [0.29, 0.717) is 5.75 Å². The standard InChI is InChI=1S/C12H21NO4S/c1-5-6-9-13(8(7-18-9)10(14)15)11(16)12(2,3)17-4/h8-9H,5-7H2,1-4H3,(H,14,15). The normalized spacial score (nSPS) is 24.3. The van der Waals surface area contributed by atoms with Crippen LogP contribution < -0.4 is 0 Å². The highest BCUT2D eigenvalue weighted by Crippen LogP contribution is 2.34. The molecule has 104 valence electrons. The van der Waals surface area contributed by atoms with Gasteiger partial charge in [0.05, 0.1) is 5.37 Å². The summed E-state index contributed by atoms with van der Waals surface area (Å²) >= 11 is 1.54. The van der Waals surface area contributed by atoms with Gasteiger partial charge in [-0.25, -0.2) is 4.79 Å². The van der Waals surface area contributed by atoms with Crippen LogP contribution in [0.4, 0.5) is 0 Å². The molecule has 2 unspecified atom stereocenters. The lowest BCUT2D eigenvalue weighted by Crippen LogP contribution is -2.53. The quantitative estimate of drug-likeness (QED) is 0.825. The molecule has 0 aromatic heterocycles. The fourth-order valence-electron chi connectivity index (χ4n) is 1.89. The van der Waals surface area contributed by atoms with Crippen molar-refractivity contribution in [3.63, 3.8) is 0 Å². The van der Waals surface area contributed by atoms with Crippen LogP contribution in [-0.2, 0) is 14.3 Å². The van der Waals surface area contributed by atoms with Crippen LogP contribution in [0.5, 0.6) is 0 Å². The third-order valence-corrected chi connectivity index (χ3v) is 4.53. The lowest BCUT2D eigenvalue weighted by Gasteiger charge is -2.33. The summed E-state index contributed by atoms with van der Waals surface area (Å²) in [5.74, 6) is -0.742. The molecule has 0 bridgehead atoms. The minimum Gasteiger partial charge on any atom is -0.480 e. The summed E-state index contributed by atoms with van der Waals surface area (Å²) < 4.78 is 5.17. The largest absolute Gasteiger partial charge is 0.480 e. The first kappa shape index (κ1) is 15.3. The fraction of sp³-hybridized carbons (Fsp3) is 0.833. The van der Waals surface area contributed by atoms with E-state index in [1.807, 2.05) is 6.92 Å². The maximum atomic E-state index is 12.4. The molecule has 1 fully saturated rings. The van der Waals surface area contributed by atoms with E-state index in [1.165, 1.54) is 23.8 Å². The summed E-state index contributed by atoms with van der Waals surface area (Å²) in [5.41, 5.74) is -0.982. The molecule has 6 heteroatoms. The van der Waals surface area contributed by atoms with Crippen molar-refractivity contribution in [2.45, 2.75) is 50.6 Å². The van der Waals surface area contributed by atoms with Crippen molar-refractivity contribution in [3.8, 4) is 0 Å². The number of ether oxygens (including phenoxy) is 1. The van der Waals surface area contributed by atoms with Gasteiger partial charge in [0.1, 0.15) is 11.6 Å². The molecule has 1 rings (SSSR count). The van der Waals surface area contributed by atoms with Gasteiger partial charge in [-0.05, 0) is 20.3 Å². The zero-order valence-electron chi connectivity index (χ0n) is 11.3. The summed E-state index contributed by atoms with van der Waals surface area (Å²) in [6, 6.07) is -0.742. The molecule has 0 radical (unpaired) electrons. The van der Waals surface area contributed by atoms with Crippen molar-refractivity contribution in [2.75, 3.05) is 12.9 Å². The fourth-order valence-corrected chi connectivity index (χ4v) is 3.41. The number of carboxylic acids is 1. The smallest absolute Gasteiger partial charge is 0.327 e. The molecular weight excluding hydrogens is 254 g/mol. The molecule has 1 amide bonds. The van der Waals surface area contributed by atoms with Crippen LogP contribution in [-0.4, -0.2) is 51.8 Å². The Morgan fingerprint density at radius 2 is 2.11 bits per heavy atom. The summed E-state index contributed by atoms with van der Waals surface area (Å²) in [6.07, 6.45) is 1.72. The van der Waals surface area contributed by atoms with Gasteiger partial charge in [-0.3, -0.25) is 4.79 Å². The minimum atomic E-state index is -0.982. The lowest BCUT2D eigenvalue weighted by atomic mass is 10.1. The Bertz CT molecular complexity index is 332. The van der Waals surface area contributed by atoms with Crippen LogP contribution in [0.25, 0.3) is 0 Å². The lowest BCUT2D eigenvalue weighted by molar-refractivity contribution is -0.160. The van der Waals surface area contributed by atoms with Gasteiger partial charge in [-0.2, -0.15) is 0 Å². The minimum absolute atomic E-state index is 0.0574. The number of rotatable bonds is 5. The predicted molar refractivity (Wildman–Crippen MR) is 70.5 cm³/mol. The zero-order chi connectivity index (χ0) is 13.9. The van der Waals surface area contributed by atoms with E-state index in [2.05, 4.69) is 0 Å². The molecule has 0 aromatic carbocycles. The highest BCUT2D eigenvalue weighted by atomic mass is 32.2. The molecule has 0 saturated carbocycles. The third kappa shape index (κ3) is 2.98. The number of carboxylic acid groups (broad SMARTS) is 1. The van der Waals surface area contributed by atoms with Gasteiger partial charge < -0.3 is 14.7 Å². The SMILES string of the molecule is CCCC1SCC(C(=O)O)N1C(=O)C(C)(C)OC. The molecule has 1 heterocycles. The number of thioether (sulfide) groups is 1. The summed E-state index contributed by atoms with van der Waals surface area (Å²) in [5, 5.41) is 9.15. The first-order chi connectivity index (χ1) is 8.35. The highest BCUT2D eigenvalue weighted by molar-refractivity contribution is 8.00. The Balaban J connectivity index is 2.96. The Morgan fingerprint density at radius 1 is 1.50 bits per heavy atom. The first-order valence-corrected chi connectivity index (χ1v) is 7.12. The molecule has 0 spiro atoms. The van der Waals surface area contributed by atoms with Crippen LogP contribution >= 0.6 is 11.8 Å². The van der Waals surface area contributed by atoms with Gasteiger partial charge >= 0.3 is 5.97 Å². The van der Waals surface area contributed by atoms with Crippen LogP contribution in [0.3, 0.4) is 0 Å². The maximum Gasteiger partial charge on any atom is 0.327 e. The van der Waals surface area contributed by atoms with Gasteiger partial charge in [0.25, 0.3) is 5.91 Å². The number of hydrogen-bond acceptors (Lipinski definition) is 4. The van der Waals surface area contributed by atoms with Crippen LogP contribution in [0.1, 0.15) is 33.6 Å². The summed E-state index contributed by atoms with van der Waals surface area (Å²) in [6.45, 7) is 5.36. The van der Waals surface area contributed by atoms with Crippen molar-refractivity contribution in [2.24, 2.45) is 0 Å². The van der Waals surface area contributed by atoms with E-state index in [1.54, 1.807) is 13.8 Å². The predicted octanol–water partition coefficient (Wildman–Crippen LogP) is 1.57. The molecule has 1 N–H and O–H groups in total. The molecule has 0 aromatic rings. The Morgan fingerprint density at radius 3 is 2.56 bits per heavy atom. The number of hydrogen-bond donors (Lipinski definition) is 1. The Hall–Kier alpha value is -0.750. The van der Waals surface area contributed by atoms with E-state index in [9.17, 15) is 14.7 Å². The average molecular weight is 275 g/mol. The molecule has 1 aliphatic rings.